The summed E-state index contributed by atoms with van der Waals surface area (Å²) in [6.07, 6.45) is 0. The third kappa shape index (κ3) is 7.44. The molecule has 3 rings (SSSR count). The van der Waals surface area contributed by atoms with E-state index in [2.05, 4.69) is 10.6 Å². The van der Waals surface area contributed by atoms with E-state index in [0.717, 1.165) is 11.5 Å². The molecule has 0 aliphatic rings. The molecule has 0 aliphatic carbocycles. The molecule has 178 valence electrons. The molecule has 0 spiro atoms. The summed E-state index contributed by atoms with van der Waals surface area (Å²) in [5.41, 5.74) is 0.790. The predicted molar refractivity (Wildman–Crippen MR) is 128 cm³/mol. The Kier molecular flexibility index (Phi) is 9.16. The smallest absolute Gasteiger partial charge is 0.251 e. The van der Waals surface area contributed by atoms with Crippen molar-refractivity contribution in [3.63, 3.8) is 0 Å². The molecule has 0 saturated heterocycles. The third-order valence-corrected chi connectivity index (χ3v) is 4.82. The molecule has 0 fully saturated rings. The van der Waals surface area contributed by atoms with E-state index in [9.17, 15) is 9.59 Å². The summed E-state index contributed by atoms with van der Waals surface area (Å²) in [6, 6.07) is 20.9. The second-order valence-corrected chi connectivity index (χ2v) is 7.14. The number of benzene rings is 3. The van der Waals surface area contributed by atoms with Gasteiger partial charge in [0.1, 0.15) is 36.2 Å². The van der Waals surface area contributed by atoms with Gasteiger partial charge in [-0.3, -0.25) is 9.59 Å². The Balaban J connectivity index is 1.39. The molecule has 0 unspecified atom stereocenters. The Morgan fingerprint density at radius 2 is 1.00 bits per heavy atom. The van der Waals surface area contributed by atoms with Gasteiger partial charge in [-0.25, -0.2) is 0 Å². The molecule has 0 aromatic heterocycles. The van der Waals surface area contributed by atoms with Crippen molar-refractivity contribution in [3.8, 4) is 23.0 Å². The highest BCUT2D eigenvalue weighted by molar-refractivity contribution is 5.99. The minimum absolute atomic E-state index is 0.282. The summed E-state index contributed by atoms with van der Waals surface area (Å²) in [4.78, 5) is 24.9. The molecular formula is C26H28N2O6. The molecule has 8 nitrogen and oxygen atoms in total. The summed E-state index contributed by atoms with van der Waals surface area (Å²) in [5.74, 6) is 2.30. The van der Waals surface area contributed by atoms with Crippen LogP contribution >= 0.6 is 0 Å². The van der Waals surface area contributed by atoms with Crippen LogP contribution in [0.15, 0.2) is 72.8 Å². The third-order valence-electron chi connectivity index (χ3n) is 4.82. The van der Waals surface area contributed by atoms with Crippen molar-refractivity contribution in [2.24, 2.45) is 0 Å². The van der Waals surface area contributed by atoms with Crippen LogP contribution in [0.3, 0.4) is 0 Å². The highest BCUT2D eigenvalue weighted by atomic mass is 16.5. The van der Waals surface area contributed by atoms with Gasteiger partial charge in [0.2, 0.25) is 0 Å². The minimum Gasteiger partial charge on any atom is -0.497 e. The predicted octanol–water partition coefficient (Wildman–Crippen LogP) is 3.32. The molecule has 3 aromatic rings. The van der Waals surface area contributed by atoms with Crippen LogP contribution in [-0.2, 0) is 0 Å². The zero-order valence-corrected chi connectivity index (χ0v) is 19.2. The van der Waals surface area contributed by atoms with Crippen LogP contribution < -0.4 is 29.6 Å². The van der Waals surface area contributed by atoms with Gasteiger partial charge in [0.25, 0.3) is 11.8 Å². The second-order valence-electron chi connectivity index (χ2n) is 7.14. The van der Waals surface area contributed by atoms with Crippen LogP contribution in [-0.4, -0.2) is 52.3 Å². The van der Waals surface area contributed by atoms with Crippen molar-refractivity contribution >= 4 is 11.8 Å². The number of ether oxygens (including phenoxy) is 4. The van der Waals surface area contributed by atoms with Crippen LogP contribution in [0.25, 0.3) is 0 Å². The molecule has 0 heterocycles. The molecule has 2 N–H and O–H groups in total. The number of hydrogen-bond donors (Lipinski definition) is 2. The van der Waals surface area contributed by atoms with E-state index in [-0.39, 0.29) is 11.8 Å². The fraction of sp³-hybridized carbons (Fsp3) is 0.231. The van der Waals surface area contributed by atoms with E-state index in [4.69, 9.17) is 18.9 Å². The zero-order chi connectivity index (χ0) is 24.2. The lowest BCUT2D eigenvalue weighted by atomic mass is 10.1. The first kappa shape index (κ1) is 24.4. The number of carbonyl (C=O) groups is 2. The Bertz CT molecular complexity index is 985. The van der Waals surface area contributed by atoms with Crippen molar-refractivity contribution in [1.29, 1.82) is 0 Å². The van der Waals surface area contributed by atoms with E-state index >= 15 is 0 Å². The van der Waals surface area contributed by atoms with E-state index in [0.29, 0.717) is 48.9 Å². The summed E-state index contributed by atoms with van der Waals surface area (Å²) in [6.45, 7) is 1.27. The van der Waals surface area contributed by atoms with Gasteiger partial charge < -0.3 is 29.6 Å². The summed E-state index contributed by atoms with van der Waals surface area (Å²) in [5, 5.41) is 5.57. The second kappa shape index (κ2) is 12.7. The molecule has 0 bridgehead atoms. The molecule has 8 heteroatoms. The van der Waals surface area contributed by atoms with Gasteiger partial charge in [-0.1, -0.05) is 6.07 Å². The normalized spacial score (nSPS) is 10.2. The molecule has 0 saturated carbocycles. The fourth-order valence-corrected chi connectivity index (χ4v) is 3.02. The first-order valence-electron chi connectivity index (χ1n) is 10.8. The van der Waals surface area contributed by atoms with Crippen molar-refractivity contribution < 1.29 is 28.5 Å². The Morgan fingerprint density at radius 1 is 0.618 bits per heavy atom. The maximum Gasteiger partial charge on any atom is 0.251 e. The number of amides is 2. The van der Waals surface area contributed by atoms with Gasteiger partial charge in [0, 0.05) is 11.1 Å². The van der Waals surface area contributed by atoms with Gasteiger partial charge in [-0.15, -0.1) is 0 Å². The van der Waals surface area contributed by atoms with Gasteiger partial charge in [-0.2, -0.15) is 0 Å². The zero-order valence-electron chi connectivity index (χ0n) is 19.2. The topological polar surface area (TPSA) is 95.1 Å². The summed E-state index contributed by atoms with van der Waals surface area (Å²) in [7, 11) is 3.20. The SMILES string of the molecule is COc1ccc(OCCNC(=O)c2cccc(C(=O)NCCOc3ccc(OC)cc3)c2)cc1. The van der Waals surface area contributed by atoms with Gasteiger partial charge in [0.05, 0.1) is 27.3 Å². The van der Waals surface area contributed by atoms with Crippen LogP contribution in [0.5, 0.6) is 23.0 Å². The average molecular weight is 465 g/mol. The Morgan fingerprint density at radius 3 is 1.38 bits per heavy atom. The van der Waals surface area contributed by atoms with Crippen LogP contribution in [0.1, 0.15) is 20.7 Å². The molecule has 34 heavy (non-hydrogen) atoms. The van der Waals surface area contributed by atoms with E-state index in [1.807, 2.05) is 0 Å². The number of rotatable bonds is 12. The first-order valence-corrected chi connectivity index (χ1v) is 10.8. The van der Waals surface area contributed by atoms with Crippen LogP contribution in [0, 0.1) is 0 Å². The number of methoxy groups -OCH3 is 2. The highest BCUT2D eigenvalue weighted by Gasteiger charge is 2.10. The average Bonchev–Trinajstić information content (AvgIpc) is 2.89. The van der Waals surface area contributed by atoms with Crippen molar-refractivity contribution in [2.45, 2.75) is 0 Å². The maximum atomic E-state index is 12.4. The van der Waals surface area contributed by atoms with Gasteiger partial charge in [0.15, 0.2) is 0 Å². The molecule has 2 amide bonds. The van der Waals surface area contributed by atoms with Crippen molar-refractivity contribution in [2.75, 3.05) is 40.5 Å². The van der Waals surface area contributed by atoms with Crippen LogP contribution in [0.2, 0.25) is 0 Å². The monoisotopic (exact) mass is 464 g/mol. The van der Waals surface area contributed by atoms with Crippen LogP contribution in [0.4, 0.5) is 0 Å². The quantitative estimate of drug-likeness (QED) is 0.400. The van der Waals surface area contributed by atoms with Gasteiger partial charge in [-0.05, 0) is 66.7 Å². The Hall–Kier alpha value is -4.20. The molecular weight excluding hydrogens is 436 g/mol. The summed E-state index contributed by atoms with van der Waals surface area (Å²) >= 11 is 0. The van der Waals surface area contributed by atoms with Crippen molar-refractivity contribution in [1.82, 2.24) is 10.6 Å². The number of carbonyl (C=O) groups excluding carboxylic acids is 2. The van der Waals surface area contributed by atoms with Crippen molar-refractivity contribution in [3.05, 3.63) is 83.9 Å². The summed E-state index contributed by atoms with van der Waals surface area (Å²) < 4.78 is 21.4. The maximum absolute atomic E-state index is 12.4. The molecule has 0 atom stereocenters. The number of hydrogen-bond acceptors (Lipinski definition) is 6. The van der Waals surface area contributed by atoms with E-state index < -0.39 is 0 Å². The van der Waals surface area contributed by atoms with Gasteiger partial charge >= 0.3 is 0 Å². The Labute approximate surface area is 198 Å². The first-order chi connectivity index (χ1) is 16.6. The van der Waals surface area contributed by atoms with E-state index in [1.54, 1.807) is 87.0 Å². The molecule has 0 radical (unpaired) electrons. The minimum atomic E-state index is -0.282. The lowest BCUT2D eigenvalue weighted by Gasteiger charge is -2.10. The number of nitrogens with one attached hydrogen (secondary N) is 2. The molecule has 0 aliphatic heterocycles. The fourth-order valence-electron chi connectivity index (χ4n) is 3.02. The standard InChI is InChI=1S/C26H28N2O6/c1-31-21-6-10-23(11-7-21)33-16-14-27-25(29)19-4-3-5-20(18-19)26(30)28-15-17-34-24-12-8-22(32-2)9-13-24/h3-13,18H,14-17H2,1-2H3,(H,27,29)(H,28,30). The molecule has 3 aromatic carbocycles. The highest BCUT2D eigenvalue weighted by Crippen LogP contribution is 2.17. The van der Waals surface area contributed by atoms with E-state index in [1.165, 1.54) is 0 Å². The lowest BCUT2D eigenvalue weighted by molar-refractivity contribution is 0.0946. The lowest BCUT2D eigenvalue weighted by Crippen LogP contribution is -2.30. The largest absolute Gasteiger partial charge is 0.497 e.